The Morgan fingerprint density at radius 2 is 1.91 bits per heavy atom. The maximum Gasteiger partial charge on any atom is 0.257 e. The molecule has 0 bridgehead atoms. The summed E-state index contributed by atoms with van der Waals surface area (Å²) in [5, 5.41) is 6.18. The van der Waals surface area contributed by atoms with E-state index in [1.807, 2.05) is 32.2 Å². The number of amides is 1. The second-order valence-corrected chi connectivity index (χ2v) is 7.92. The third-order valence-corrected chi connectivity index (χ3v) is 5.58. The van der Waals surface area contributed by atoms with Crippen LogP contribution in [0, 0.1) is 5.92 Å². The lowest BCUT2D eigenvalue weighted by Gasteiger charge is -2.22. The number of likely N-dealkylation sites (N-methyl/N-ethyl adjacent to an activating group) is 1. The summed E-state index contributed by atoms with van der Waals surface area (Å²) in [6.45, 7) is 5.06. The van der Waals surface area contributed by atoms with Gasteiger partial charge in [0.25, 0.3) is 5.91 Å². The summed E-state index contributed by atoms with van der Waals surface area (Å²) in [5.74, 6) is 2.55. The predicted molar refractivity (Wildman–Crippen MR) is 143 cm³/mol. The van der Waals surface area contributed by atoms with Crippen LogP contribution in [0.4, 0.5) is 0 Å². The van der Waals surface area contributed by atoms with Crippen LogP contribution in [-0.2, 0) is 17.8 Å². The molecule has 33 heavy (non-hydrogen) atoms. The Morgan fingerprint density at radius 3 is 2.61 bits per heavy atom. The number of methoxy groups -OCH3 is 1. The SMILES string of the molecule is CCNC(=O)COc1ccc(CNC(=NC)N2CCC(Cc3ccccc3)C2)cc1OC.I. The summed E-state index contributed by atoms with van der Waals surface area (Å²) in [4.78, 5) is 18.5. The van der Waals surface area contributed by atoms with Crippen molar-refractivity contribution in [3.05, 3.63) is 59.7 Å². The lowest BCUT2D eigenvalue weighted by molar-refractivity contribution is -0.123. The number of likely N-dealkylation sites (tertiary alicyclic amines) is 1. The van der Waals surface area contributed by atoms with Crippen LogP contribution in [0.1, 0.15) is 24.5 Å². The molecule has 0 spiro atoms. The molecule has 1 fully saturated rings. The monoisotopic (exact) mass is 566 g/mol. The molecule has 180 valence electrons. The number of hydrogen-bond acceptors (Lipinski definition) is 4. The highest BCUT2D eigenvalue weighted by molar-refractivity contribution is 14.0. The molecule has 2 N–H and O–H groups in total. The van der Waals surface area contributed by atoms with Crippen molar-refractivity contribution in [3.8, 4) is 11.5 Å². The third-order valence-electron chi connectivity index (χ3n) is 5.58. The first-order valence-corrected chi connectivity index (χ1v) is 11.2. The molecular weight excluding hydrogens is 531 g/mol. The number of aliphatic imine (C=N–C) groups is 1. The van der Waals surface area contributed by atoms with Gasteiger partial charge >= 0.3 is 0 Å². The molecule has 1 heterocycles. The molecule has 8 heteroatoms. The largest absolute Gasteiger partial charge is 0.493 e. The summed E-state index contributed by atoms with van der Waals surface area (Å²) in [6.07, 6.45) is 2.27. The smallest absolute Gasteiger partial charge is 0.257 e. The van der Waals surface area contributed by atoms with Crippen molar-refractivity contribution in [2.45, 2.75) is 26.3 Å². The fraction of sp³-hybridized carbons (Fsp3) is 0.440. The number of carbonyl (C=O) groups excluding carboxylic acids is 1. The molecule has 1 atom stereocenters. The molecular formula is C25H35IN4O3. The van der Waals surface area contributed by atoms with E-state index in [-0.39, 0.29) is 36.5 Å². The first-order chi connectivity index (χ1) is 15.6. The third kappa shape index (κ3) is 8.10. The lowest BCUT2D eigenvalue weighted by atomic mass is 9.99. The van der Waals surface area contributed by atoms with Crippen LogP contribution >= 0.6 is 24.0 Å². The van der Waals surface area contributed by atoms with Crippen LogP contribution in [0.2, 0.25) is 0 Å². The zero-order valence-corrected chi connectivity index (χ0v) is 22.0. The van der Waals surface area contributed by atoms with Gasteiger partial charge in [-0.1, -0.05) is 36.4 Å². The molecule has 2 aromatic rings. The van der Waals surface area contributed by atoms with E-state index in [2.05, 4.69) is 50.9 Å². The van der Waals surface area contributed by atoms with Gasteiger partial charge in [-0.3, -0.25) is 9.79 Å². The average molecular weight is 566 g/mol. The Hall–Kier alpha value is -2.49. The van der Waals surface area contributed by atoms with Crippen LogP contribution in [0.5, 0.6) is 11.5 Å². The molecule has 0 radical (unpaired) electrons. The molecule has 1 unspecified atom stereocenters. The average Bonchev–Trinajstić information content (AvgIpc) is 3.27. The Labute approximate surface area is 214 Å². The fourth-order valence-corrected chi connectivity index (χ4v) is 3.99. The number of rotatable bonds is 9. The van der Waals surface area contributed by atoms with Crippen molar-refractivity contribution in [3.63, 3.8) is 0 Å². The van der Waals surface area contributed by atoms with E-state index in [4.69, 9.17) is 9.47 Å². The summed E-state index contributed by atoms with van der Waals surface area (Å²) >= 11 is 0. The van der Waals surface area contributed by atoms with Crippen molar-refractivity contribution in [1.29, 1.82) is 0 Å². The number of hydrogen-bond donors (Lipinski definition) is 2. The van der Waals surface area contributed by atoms with Crippen LogP contribution in [0.15, 0.2) is 53.5 Å². The van der Waals surface area contributed by atoms with Crippen LogP contribution in [0.25, 0.3) is 0 Å². The van der Waals surface area contributed by atoms with E-state index < -0.39 is 0 Å². The van der Waals surface area contributed by atoms with Gasteiger partial charge in [-0.2, -0.15) is 0 Å². The van der Waals surface area contributed by atoms with E-state index in [1.54, 1.807) is 7.11 Å². The molecule has 0 aliphatic carbocycles. The minimum atomic E-state index is -0.153. The second-order valence-electron chi connectivity index (χ2n) is 7.92. The van der Waals surface area contributed by atoms with Gasteiger partial charge in [0.05, 0.1) is 7.11 Å². The standard InChI is InChI=1S/C25H34N4O3.HI/c1-4-27-24(30)18-32-22-11-10-20(15-23(22)31-3)16-28-25(26-2)29-13-12-21(17-29)14-19-8-6-5-7-9-19;/h5-11,15,21H,4,12-14,16-18H2,1-3H3,(H,26,28)(H,27,30);1H. The van der Waals surface area contributed by atoms with Crippen molar-refractivity contribution >= 4 is 35.8 Å². The second kappa shape index (κ2) is 13.9. The number of nitrogens with zero attached hydrogens (tertiary/aromatic N) is 2. The number of nitrogens with one attached hydrogen (secondary N) is 2. The van der Waals surface area contributed by atoms with Crippen molar-refractivity contribution < 1.29 is 14.3 Å². The number of carbonyl (C=O) groups is 1. The molecule has 0 saturated carbocycles. The highest BCUT2D eigenvalue weighted by Gasteiger charge is 2.25. The number of ether oxygens (including phenoxy) is 2. The molecule has 7 nitrogen and oxygen atoms in total. The van der Waals surface area contributed by atoms with Gasteiger partial charge in [0.2, 0.25) is 0 Å². The summed E-state index contributed by atoms with van der Waals surface area (Å²) < 4.78 is 11.1. The van der Waals surface area contributed by atoms with Crippen molar-refractivity contribution in [2.24, 2.45) is 10.9 Å². The zero-order chi connectivity index (χ0) is 22.8. The highest BCUT2D eigenvalue weighted by Crippen LogP contribution is 2.28. The lowest BCUT2D eigenvalue weighted by Crippen LogP contribution is -2.39. The molecule has 1 aliphatic rings. The molecule has 3 rings (SSSR count). The van der Waals surface area contributed by atoms with E-state index in [1.165, 1.54) is 12.0 Å². The quantitative estimate of drug-likeness (QED) is 0.276. The molecule has 1 saturated heterocycles. The van der Waals surface area contributed by atoms with Crippen molar-refractivity contribution in [2.75, 3.05) is 40.4 Å². The van der Waals surface area contributed by atoms with Gasteiger partial charge in [0, 0.05) is 33.2 Å². The summed E-state index contributed by atoms with van der Waals surface area (Å²) in [7, 11) is 3.42. The predicted octanol–water partition coefficient (Wildman–Crippen LogP) is 3.47. The zero-order valence-electron chi connectivity index (χ0n) is 19.7. The molecule has 2 aromatic carbocycles. The van der Waals surface area contributed by atoms with Crippen LogP contribution < -0.4 is 20.1 Å². The minimum absolute atomic E-state index is 0. The van der Waals surface area contributed by atoms with Gasteiger partial charge < -0.3 is 25.0 Å². The fourth-order valence-electron chi connectivity index (χ4n) is 3.99. The first-order valence-electron chi connectivity index (χ1n) is 11.2. The Kier molecular flexibility index (Phi) is 11.3. The normalized spacial score (nSPS) is 15.5. The maximum atomic E-state index is 11.6. The number of guanidine groups is 1. The van der Waals surface area contributed by atoms with Gasteiger partial charge in [0.15, 0.2) is 24.1 Å². The van der Waals surface area contributed by atoms with Gasteiger partial charge in [-0.15, -0.1) is 24.0 Å². The Morgan fingerprint density at radius 1 is 1.12 bits per heavy atom. The summed E-state index contributed by atoms with van der Waals surface area (Å²) in [5.41, 5.74) is 2.44. The van der Waals surface area contributed by atoms with Crippen molar-refractivity contribution in [1.82, 2.24) is 15.5 Å². The molecule has 0 aromatic heterocycles. The number of halogens is 1. The van der Waals surface area contributed by atoms with E-state index in [9.17, 15) is 4.79 Å². The van der Waals surface area contributed by atoms with Crippen LogP contribution in [0.3, 0.4) is 0 Å². The maximum absolute atomic E-state index is 11.6. The van der Waals surface area contributed by atoms with Gasteiger partial charge in [0.1, 0.15) is 0 Å². The minimum Gasteiger partial charge on any atom is -0.493 e. The van der Waals surface area contributed by atoms with E-state index in [0.717, 1.165) is 31.0 Å². The highest BCUT2D eigenvalue weighted by atomic mass is 127. The van der Waals surface area contributed by atoms with E-state index in [0.29, 0.717) is 30.5 Å². The first kappa shape index (κ1) is 26.8. The van der Waals surface area contributed by atoms with Gasteiger partial charge in [-0.25, -0.2) is 0 Å². The molecule has 1 aliphatic heterocycles. The summed E-state index contributed by atoms with van der Waals surface area (Å²) in [6, 6.07) is 16.4. The molecule has 1 amide bonds. The Bertz CT molecular complexity index is 908. The number of benzene rings is 2. The Balaban J connectivity index is 0.00000385. The van der Waals surface area contributed by atoms with E-state index >= 15 is 0 Å². The van der Waals surface area contributed by atoms with Crippen LogP contribution in [-0.4, -0.2) is 57.2 Å². The van der Waals surface area contributed by atoms with Gasteiger partial charge in [-0.05, 0) is 48.9 Å². The topological polar surface area (TPSA) is 75.2 Å².